The summed E-state index contributed by atoms with van der Waals surface area (Å²) in [6.45, 7) is 2.32. The normalized spacial score (nSPS) is 14.7. The number of rotatable bonds is 87. The Hall–Kier alpha value is -6.13. The molecule has 0 saturated heterocycles. The predicted molar refractivity (Wildman–Crippen MR) is 509 cm³/mol. The van der Waals surface area contributed by atoms with E-state index in [1.165, 1.54) is 96.3 Å². The van der Waals surface area contributed by atoms with Crippen LogP contribution in [0.1, 0.15) is 355 Å². The average molecular weight is 1720 g/mol. The van der Waals surface area contributed by atoms with Gasteiger partial charge in [-0.2, -0.15) is 0 Å². The van der Waals surface area contributed by atoms with E-state index in [-0.39, 0.29) is 19.3 Å². The highest BCUT2D eigenvalue weighted by atomic mass is 31.2. The first-order valence-corrected chi connectivity index (χ1v) is 50.0. The molecule has 0 aromatic rings. The van der Waals surface area contributed by atoms with Gasteiger partial charge < -0.3 is 34.2 Å². The van der Waals surface area contributed by atoms with Crippen molar-refractivity contribution >= 4 is 33.6 Å². The molecule has 0 aliphatic heterocycles. The van der Waals surface area contributed by atoms with E-state index in [0.29, 0.717) is 19.3 Å². The molecule has 0 spiro atoms. The van der Waals surface area contributed by atoms with Crippen molar-refractivity contribution in [3.63, 3.8) is 0 Å². The van der Waals surface area contributed by atoms with Crippen molar-refractivity contribution in [2.45, 2.75) is 373 Å². The number of ether oxygens (including phenoxy) is 3. The van der Waals surface area contributed by atoms with Gasteiger partial charge in [0.25, 0.3) is 0 Å². The molecule has 0 aliphatic carbocycles. The van der Waals surface area contributed by atoms with E-state index in [9.17, 15) is 43.5 Å². The molecule has 16 nitrogen and oxygen atoms in total. The summed E-state index contributed by atoms with van der Waals surface area (Å²) in [5, 5.41) is 20.8. The van der Waals surface area contributed by atoms with Crippen LogP contribution < -0.4 is 0 Å². The van der Waals surface area contributed by atoms with Gasteiger partial charge in [-0.1, -0.05) is 381 Å². The molecule has 0 bridgehead atoms. The predicted octanol–water partition coefficient (Wildman–Crippen LogP) is 29.3. The Bertz CT molecular complexity index is 3080. The van der Waals surface area contributed by atoms with Crippen molar-refractivity contribution in [1.82, 2.24) is 0 Å². The van der Waals surface area contributed by atoms with Gasteiger partial charge in [0.15, 0.2) is 6.10 Å². The van der Waals surface area contributed by atoms with Crippen LogP contribution in [-0.4, -0.2) is 95.9 Å². The second-order valence-electron chi connectivity index (χ2n) is 30.7. The van der Waals surface area contributed by atoms with Crippen LogP contribution in [0.25, 0.3) is 0 Å². The number of hydrogen-bond acceptors (Lipinski definition) is 14. The van der Waals surface area contributed by atoms with E-state index in [1.54, 1.807) is 0 Å². The first-order chi connectivity index (χ1) is 59.2. The maximum absolute atomic E-state index is 13.1. The number of unbranched alkanes of at least 4 members (excludes halogenated alkanes) is 28. The number of aliphatic hydroxyl groups excluding tert-OH is 2. The molecule has 5 unspecified atom stereocenters. The fourth-order valence-electron chi connectivity index (χ4n) is 12.2. The van der Waals surface area contributed by atoms with Crippen molar-refractivity contribution < 1.29 is 75.8 Å². The quantitative estimate of drug-likeness (QED) is 0.0146. The number of carbonyl (C=O) groups excluding carboxylic acids is 3. The van der Waals surface area contributed by atoms with E-state index in [4.69, 9.17) is 32.3 Å². The molecule has 0 radical (unpaired) electrons. The van der Waals surface area contributed by atoms with Crippen LogP contribution in [0.3, 0.4) is 0 Å². The molecular weight excluding hydrogens is 1560 g/mol. The van der Waals surface area contributed by atoms with Crippen molar-refractivity contribution in [3.8, 4) is 0 Å². The summed E-state index contributed by atoms with van der Waals surface area (Å²) in [6, 6.07) is 0. The zero-order chi connectivity index (χ0) is 87.9. The van der Waals surface area contributed by atoms with Crippen LogP contribution in [0.5, 0.6) is 0 Å². The molecule has 0 amide bonds. The zero-order valence-corrected chi connectivity index (χ0v) is 77.4. The molecule has 0 fully saturated rings. The van der Waals surface area contributed by atoms with Crippen LogP contribution >= 0.6 is 15.6 Å². The van der Waals surface area contributed by atoms with Crippen LogP contribution in [0.2, 0.25) is 0 Å². The first kappa shape index (κ1) is 115. The van der Waals surface area contributed by atoms with Crippen molar-refractivity contribution in [2.75, 3.05) is 39.6 Å². The smallest absolute Gasteiger partial charge is 0.463 e. The summed E-state index contributed by atoms with van der Waals surface area (Å²) < 4.78 is 61.5. The van der Waals surface area contributed by atoms with E-state index in [1.807, 2.05) is 0 Å². The Labute approximate surface area is 736 Å². The Morgan fingerprint density at radius 1 is 0.231 bits per heavy atom. The minimum Gasteiger partial charge on any atom is -0.463 e. The van der Waals surface area contributed by atoms with E-state index < -0.39 is 91.5 Å². The minimum atomic E-state index is -4.96. The van der Waals surface area contributed by atoms with Gasteiger partial charge in [-0.15, -0.1) is 0 Å². The monoisotopic (exact) mass is 1720 g/mol. The number of hydrogen-bond donors (Lipinski definition) is 4. The Morgan fingerprint density at radius 2 is 0.413 bits per heavy atom. The Morgan fingerprint density at radius 3 is 0.653 bits per heavy atom. The zero-order valence-electron chi connectivity index (χ0n) is 75.6. The standard InChI is InChI=1S/C103H168O16P2/c1-4-7-10-13-16-19-22-25-28-31-34-37-40-42-44-46-47-48-49-51-53-54-57-59-62-65-68-71-74-77-80-83-86-89-101(106)113-92-98(104)93-115-120(109,110)116-94-99(105)95-117-121(111,112)118-97-100(119-103(108)91-88-85-82-79-76-73-70-67-64-61-56-39-36-33-30-27-24-21-18-15-12-9-6-3)96-114-102(107)90-87-84-81-78-75-72-69-66-63-60-58-55-52-50-45-43-41-38-35-32-29-26-23-20-17-14-11-8-5-2/h7-12,16-21,25-30,34-39,42-45,47-48,52,55,61,64,70,73,98-100,104-105H,4-6,13-15,22-24,31-33,40-41,46,49-51,53-54,56-60,62-63,65-69,71-72,74-97H2,1-3H3,(H,109,110)(H,111,112)/b10-7-,11-8-,12-9-,19-16-,20-17-,21-18-,28-25-,29-26-,30-27-,37-34-,38-35-,39-36-,44-42-,45-43-,48-47-,55-52-,64-61-,73-70-. The molecular formula is C103H168O16P2. The summed E-state index contributed by atoms with van der Waals surface area (Å²) in [4.78, 5) is 59.1. The number of phosphoric ester groups is 2. The van der Waals surface area contributed by atoms with E-state index in [0.717, 1.165) is 199 Å². The maximum Gasteiger partial charge on any atom is 0.472 e. The number of carbonyl (C=O) groups is 3. The van der Waals surface area contributed by atoms with Gasteiger partial charge in [0.2, 0.25) is 0 Å². The first-order valence-electron chi connectivity index (χ1n) is 47.0. The van der Waals surface area contributed by atoms with Crippen molar-refractivity contribution in [3.05, 3.63) is 219 Å². The molecule has 0 aromatic heterocycles. The molecule has 0 aromatic carbocycles. The van der Waals surface area contributed by atoms with Gasteiger partial charge in [-0.25, -0.2) is 9.13 Å². The molecule has 121 heavy (non-hydrogen) atoms. The number of phosphoric acid groups is 2. The maximum atomic E-state index is 13.1. The summed E-state index contributed by atoms with van der Waals surface area (Å²) >= 11 is 0. The van der Waals surface area contributed by atoms with Gasteiger partial charge >= 0.3 is 33.6 Å². The third-order valence-corrected chi connectivity index (χ3v) is 21.1. The second-order valence-corrected chi connectivity index (χ2v) is 33.6. The molecule has 686 valence electrons. The lowest BCUT2D eigenvalue weighted by atomic mass is 10.0. The van der Waals surface area contributed by atoms with E-state index >= 15 is 0 Å². The largest absolute Gasteiger partial charge is 0.472 e. The molecule has 18 heteroatoms. The average Bonchev–Trinajstić information content (AvgIpc) is 0.887. The van der Waals surface area contributed by atoms with E-state index in [2.05, 4.69) is 240 Å². The van der Waals surface area contributed by atoms with Gasteiger partial charge in [-0.3, -0.25) is 32.5 Å². The van der Waals surface area contributed by atoms with Gasteiger partial charge in [0.05, 0.1) is 26.4 Å². The highest BCUT2D eigenvalue weighted by Crippen LogP contribution is 2.45. The summed E-state index contributed by atoms with van der Waals surface area (Å²) in [6.07, 6.45) is 127. The number of aliphatic hydroxyl groups is 2. The lowest BCUT2D eigenvalue weighted by Gasteiger charge is -2.21. The van der Waals surface area contributed by atoms with Gasteiger partial charge in [-0.05, 0) is 173 Å². The Balaban J connectivity index is 4.65. The summed E-state index contributed by atoms with van der Waals surface area (Å²) in [5.41, 5.74) is 0. The number of esters is 3. The summed E-state index contributed by atoms with van der Waals surface area (Å²) in [7, 11) is -9.83. The molecule has 0 rings (SSSR count). The van der Waals surface area contributed by atoms with Gasteiger partial charge in [0.1, 0.15) is 25.4 Å². The van der Waals surface area contributed by atoms with Crippen LogP contribution in [0, 0.1) is 0 Å². The topological polar surface area (TPSA) is 231 Å². The lowest BCUT2D eigenvalue weighted by molar-refractivity contribution is -0.161. The molecule has 4 N–H and O–H groups in total. The molecule has 0 aliphatic rings. The van der Waals surface area contributed by atoms with Crippen LogP contribution in [0.15, 0.2) is 219 Å². The third-order valence-electron chi connectivity index (χ3n) is 19.2. The fourth-order valence-corrected chi connectivity index (χ4v) is 13.8. The minimum absolute atomic E-state index is 0.0658. The second kappa shape index (κ2) is 93.0. The molecule has 0 saturated carbocycles. The third kappa shape index (κ3) is 94.4. The number of allylic oxidation sites excluding steroid dienone is 36. The lowest BCUT2D eigenvalue weighted by Crippen LogP contribution is -2.30. The highest BCUT2D eigenvalue weighted by Gasteiger charge is 2.29. The molecule has 5 atom stereocenters. The van der Waals surface area contributed by atoms with Crippen molar-refractivity contribution in [2.24, 2.45) is 0 Å². The summed E-state index contributed by atoms with van der Waals surface area (Å²) in [5.74, 6) is -1.61. The van der Waals surface area contributed by atoms with Crippen molar-refractivity contribution in [1.29, 1.82) is 0 Å². The fraction of sp³-hybridized carbons (Fsp3) is 0.621. The highest BCUT2D eigenvalue weighted by molar-refractivity contribution is 7.47. The molecule has 0 heterocycles. The van der Waals surface area contributed by atoms with Crippen LogP contribution in [-0.2, 0) is 55.8 Å². The van der Waals surface area contributed by atoms with Crippen LogP contribution in [0.4, 0.5) is 0 Å². The Kier molecular flexibility index (Phi) is 88.3. The SMILES string of the molecule is CC/C=C\C/C=C\C/C=C\C/C=C\C/C=C\C/C=C\CCCCCCCCCCCCCCCCC(=O)OCC(O)COP(=O)(O)OCC(O)COP(=O)(O)OCC(COC(=O)CCCCCCCCCCCC/C=C\C/C=C\C/C=C\C/C=C\C/C=C\C/C=C\CC)OC(=O)CCCCCC/C=C\C/C=C\C/C=C\C/C=C\C/C=C\C/C=C\CC. The van der Waals surface area contributed by atoms with Gasteiger partial charge in [0, 0.05) is 19.3 Å².